The van der Waals surface area contributed by atoms with Crippen LogP contribution in [0.25, 0.3) is 11.0 Å². The summed E-state index contributed by atoms with van der Waals surface area (Å²) in [5, 5.41) is 0. The molecule has 0 aliphatic carbocycles. The SMILES string of the molecule is O=S([O-])c1cccc2nsnc12. The minimum Gasteiger partial charge on any atom is -0.768 e. The van der Waals surface area contributed by atoms with E-state index in [1.807, 2.05) is 0 Å². The normalized spacial score (nSPS) is 13.4. The highest BCUT2D eigenvalue weighted by molar-refractivity contribution is 7.79. The van der Waals surface area contributed by atoms with Crippen molar-refractivity contribution < 1.29 is 8.76 Å². The lowest BCUT2D eigenvalue weighted by Gasteiger charge is -2.03. The van der Waals surface area contributed by atoms with Crippen LogP contribution in [0.1, 0.15) is 0 Å². The second kappa shape index (κ2) is 2.89. The van der Waals surface area contributed by atoms with E-state index in [0.29, 0.717) is 11.0 Å². The molecule has 0 amide bonds. The van der Waals surface area contributed by atoms with Crippen molar-refractivity contribution in [3.63, 3.8) is 0 Å². The van der Waals surface area contributed by atoms with Crippen molar-refractivity contribution in [3.8, 4) is 0 Å². The van der Waals surface area contributed by atoms with E-state index < -0.39 is 11.1 Å². The Hall–Kier alpha value is -0.850. The first-order chi connectivity index (χ1) is 5.79. The molecular formula is C6H3N2O2S2-. The molecule has 0 aliphatic rings. The van der Waals surface area contributed by atoms with Gasteiger partial charge in [-0.25, -0.2) is 0 Å². The third-order valence-corrected chi connectivity index (χ3v) is 2.66. The first-order valence-electron chi connectivity index (χ1n) is 3.09. The zero-order valence-electron chi connectivity index (χ0n) is 5.76. The molecule has 0 spiro atoms. The topological polar surface area (TPSA) is 65.9 Å². The molecule has 0 radical (unpaired) electrons. The van der Waals surface area contributed by atoms with E-state index in [1.165, 1.54) is 6.07 Å². The highest BCUT2D eigenvalue weighted by atomic mass is 32.2. The molecule has 0 aliphatic heterocycles. The van der Waals surface area contributed by atoms with Crippen molar-refractivity contribution in [2.24, 2.45) is 0 Å². The van der Waals surface area contributed by atoms with E-state index in [-0.39, 0.29) is 4.90 Å². The Labute approximate surface area is 74.9 Å². The van der Waals surface area contributed by atoms with Gasteiger partial charge in [-0.3, -0.25) is 4.21 Å². The van der Waals surface area contributed by atoms with Gasteiger partial charge < -0.3 is 4.55 Å². The number of aromatic nitrogens is 2. The van der Waals surface area contributed by atoms with E-state index in [0.717, 1.165) is 11.7 Å². The first kappa shape index (κ1) is 7.78. The molecule has 0 saturated carbocycles. The lowest BCUT2D eigenvalue weighted by Crippen LogP contribution is -1.89. The Bertz CT molecular complexity index is 440. The van der Waals surface area contributed by atoms with E-state index in [9.17, 15) is 8.76 Å². The average molecular weight is 199 g/mol. The van der Waals surface area contributed by atoms with Crippen LogP contribution in [-0.2, 0) is 11.1 Å². The second-order valence-electron chi connectivity index (χ2n) is 2.12. The van der Waals surface area contributed by atoms with Crippen molar-refractivity contribution in [2.45, 2.75) is 4.90 Å². The van der Waals surface area contributed by atoms with Crippen LogP contribution in [0.3, 0.4) is 0 Å². The Kier molecular flexibility index (Phi) is 1.87. The van der Waals surface area contributed by atoms with Crippen molar-refractivity contribution >= 4 is 33.8 Å². The summed E-state index contributed by atoms with van der Waals surface area (Å²) in [6, 6.07) is 4.89. The largest absolute Gasteiger partial charge is 0.768 e. The molecule has 0 fully saturated rings. The molecule has 0 N–H and O–H groups in total. The molecule has 6 heteroatoms. The summed E-state index contributed by atoms with van der Waals surface area (Å²) in [5.41, 5.74) is 1.08. The van der Waals surface area contributed by atoms with Gasteiger partial charge >= 0.3 is 0 Å². The van der Waals surface area contributed by atoms with Crippen LogP contribution in [0, 0.1) is 0 Å². The van der Waals surface area contributed by atoms with Crippen LogP contribution in [-0.4, -0.2) is 17.5 Å². The van der Waals surface area contributed by atoms with Gasteiger partial charge in [-0.05, 0) is 23.2 Å². The van der Waals surface area contributed by atoms with Gasteiger partial charge in [0, 0.05) is 0 Å². The van der Waals surface area contributed by atoms with Crippen molar-refractivity contribution in [1.82, 2.24) is 8.75 Å². The van der Waals surface area contributed by atoms with Crippen molar-refractivity contribution in [1.29, 1.82) is 0 Å². The number of hydrogen-bond donors (Lipinski definition) is 0. The summed E-state index contributed by atoms with van der Waals surface area (Å²) in [5.74, 6) is 0. The summed E-state index contributed by atoms with van der Waals surface area (Å²) in [4.78, 5) is 0.209. The molecular weight excluding hydrogens is 196 g/mol. The summed E-state index contributed by atoms with van der Waals surface area (Å²) in [6.07, 6.45) is 0. The smallest absolute Gasteiger partial charge is 0.119 e. The Morgan fingerprint density at radius 2 is 2.25 bits per heavy atom. The fraction of sp³-hybridized carbons (Fsp3) is 0. The van der Waals surface area contributed by atoms with Crippen LogP contribution < -0.4 is 0 Å². The zero-order chi connectivity index (χ0) is 8.55. The predicted octanol–water partition coefficient (Wildman–Crippen LogP) is 0.929. The van der Waals surface area contributed by atoms with E-state index in [4.69, 9.17) is 0 Å². The van der Waals surface area contributed by atoms with Crippen LogP contribution in [0.4, 0.5) is 0 Å². The Morgan fingerprint density at radius 1 is 1.42 bits per heavy atom. The zero-order valence-corrected chi connectivity index (χ0v) is 7.39. The lowest BCUT2D eigenvalue weighted by atomic mass is 10.3. The van der Waals surface area contributed by atoms with Gasteiger partial charge in [0.15, 0.2) is 0 Å². The molecule has 2 aromatic rings. The minimum atomic E-state index is -2.23. The summed E-state index contributed by atoms with van der Waals surface area (Å²) in [7, 11) is 0. The summed E-state index contributed by atoms with van der Waals surface area (Å²) in [6.45, 7) is 0. The van der Waals surface area contributed by atoms with E-state index in [2.05, 4.69) is 8.75 Å². The highest BCUT2D eigenvalue weighted by Crippen LogP contribution is 2.18. The predicted molar refractivity (Wildman–Crippen MR) is 44.6 cm³/mol. The number of rotatable bonds is 1. The number of benzene rings is 1. The molecule has 2 rings (SSSR count). The highest BCUT2D eigenvalue weighted by Gasteiger charge is 2.03. The quantitative estimate of drug-likeness (QED) is 0.641. The van der Waals surface area contributed by atoms with Gasteiger partial charge in [0.2, 0.25) is 0 Å². The van der Waals surface area contributed by atoms with Gasteiger partial charge in [0.1, 0.15) is 11.0 Å². The van der Waals surface area contributed by atoms with Gasteiger partial charge in [0.25, 0.3) is 0 Å². The number of nitrogens with zero attached hydrogens (tertiary/aromatic N) is 2. The molecule has 1 heterocycles. The van der Waals surface area contributed by atoms with Crippen LogP contribution >= 0.6 is 11.7 Å². The first-order valence-corrected chi connectivity index (χ1v) is 4.90. The third-order valence-electron chi connectivity index (χ3n) is 1.43. The fourth-order valence-electron chi connectivity index (χ4n) is 0.916. The minimum absolute atomic E-state index is 0.209. The fourth-order valence-corrected chi connectivity index (χ4v) is 2.02. The van der Waals surface area contributed by atoms with Gasteiger partial charge in [0.05, 0.1) is 16.6 Å². The molecule has 12 heavy (non-hydrogen) atoms. The molecule has 0 bridgehead atoms. The van der Waals surface area contributed by atoms with E-state index >= 15 is 0 Å². The summed E-state index contributed by atoms with van der Waals surface area (Å²) < 4.78 is 29.1. The molecule has 62 valence electrons. The van der Waals surface area contributed by atoms with Gasteiger partial charge in [-0.15, -0.1) is 0 Å². The molecule has 1 aromatic carbocycles. The Balaban J connectivity index is 2.82. The van der Waals surface area contributed by atoms with Crippen LogP contribution in [0.15, 0.2) is 23.1 Å². The number of hydrogen-bond acceptors (Lipinski definition) is 5. The van der Waals surface area contributed by atoms with Gasteiger partial charge in [-0.2, -0.15) is 8.75 Å². The molecule has 1 atom stereocenters. The van der Waals surface area contributed by atoms with Crippen LogP contribution in [0.2, 0.25) is 0 Å². The van der Waals surface area contributed by atoms with Crippen molar-refractivity contribution in [2.75, 3.05) is 0 Å². The third kappa shape index (κ3) is 1.13. The molecule has 1 aromatic heterocycles. The lowest BCUT2D eigenvalue weighted by molar-refractivity contribution is 0.538. The standard InChI is InChI=1S/C6H4N2O2S2/c9-12(10)5-3-1-2-4-6(5)8-11-7-4/h1-3H,(H,9,10)/p-1. The van der Waals surface area contributed by atoms with E-state index in [1.54, 1.807) is 12.1 Å². The molecule has 0 saturated heterocycles. The van der Waals surface area contributed by atoms with Crippen molar-refractivity contribution in [3.05, 3.63) is 18.2 Å². The monoisotopic (exact) mass is 199 g/mol. The van der Waals surface area contributed by atoms with Gasteiger partial charge in [-0.1, -0.05) is 6.07 Å². The molecule has 1 unspecified atom stereocenters. The maximum atomic E-state index is 10.6. The maximum absolute atomic E-state index is 10.6. The Morgan fingerprint density at radius 3 is 3.00 bits per heavy atom. The van der Waals surface area contributed by atoms with Crippen LogP contribution in [0.5, 0.6) is 0 Å². The summed E-state index contributed by atoms with van der Waals surface area (Å²) >= 11 is -1.22. The molecule has 4 nitrogen and oxygen atoms in total. The second-order valence-corrected chi connectivity index (χ2v) is 3.56. The maximum Gasteiger partial charge on any atom is 0.119 e. The number of fused-ring (bicyclic) bond motifs is 1. The average Bonchev–Trinajstić information content (AvgIpc) is 2.49.